The Kier molecular flexibility index (Phi) is 3.98. The second kappa shape index (κ2) is 5.73. The van der Waals surface area contributed by atoms with Crippen LogP contribution in [0.3, 0.4) is 0 Å². The smallest absolute Gasteiger partial charge is 0.170 e. The van der Waals surface area contributed by atoms with Crippen molar-refractivity contribution in [3.8, 4) is 0 Å². The SMILES string of the molecule is Fc1c(PC2CCCCC2)cc2cccc(F)c2c1F. The molecule has 4 heteroatoms. The number of hydrogen-bond donors (Lipinski definition) is 0. The van der Waals surface area contributed by atoms with Crippen LogP contribution < -0.4 is 5.30 Å². The number of fused-ring (bicyclic) bond motifs is 1. The summed E-state index contributed by atoms with van der Waals surface area (Å²) < 4.78 is 41.8. The molecule has 1 unspecified atom stereocenters. The van der Waals surface area contributed by atoms with E-state index in [1.807, 2.05) is 0 Å². The number of hydrogen-bond acceptors (Lipinski definition) is 0. The molecule has 0 N–H and O–H groups in total. The van der Waals surface area contributed by atoms with Gasteiger partial charge >= 0.3 is 0 Å². The maximum atomic E-state index is 14.1. The van der Waals surface area contributed by atoms with Crippen molar-refractivity contribution in [1.82, 2.24) is 0 Å². The van der Waals surface area contributed by atoms with Crippen molar-refractivity contribution in [2.24, 2.45) is 0 Å². The van der Waals surface area contributed by atoms with Crippen molar-refractivity contribution in [2.75, 3.05) is 0 Å². The van der Waals surface area contributed by atoms with E-state index in [1.54, 1.807) is 12.1 Å². The lowest BCUT2D eigenvalue weighted by Gasteiger charge is -2.22. The first-order valence-corrected chi connectivity index (χ1v) is 8.07. The van der Waals surface area contributed by atoms with Crippen molar-refractivity contribution >= 4 is 24.7 Å². The summed E-state index contributed by atoms with van der Waals surface area (Å²) in [6.45, 7) is 0. The van der Waals surface area contributed by atoms with Crippen molar-refractivity contribution in [3.05, 3.63) is 41.7 Å². The highest BCUT2D eigenvalue weighted by atomic mass is 31.1. The molecule has 1 fully saturated rings. The van der Waals surface area contributed by atoms with E-state index in [1.165, 1.54) is 25.3 Å². The van der Waals surface area contributed by atoms with Crippen molar-refractivity contribution in [3.63, 3.8) is 0 Å². The minimum Gasteiger partial charge on any atom is -0.206 e. The Bertz CT molecular complexity index is 633. The monoisotopic (exact) mass is 296 g/mol. The molecular formula is C16H16F3P. The highest BCUT2D eigenvalue weighted by molar-refractivity contribution is 7.48. The first-order valence-electron chi connectivity index (χ1n) is 6.99. The molecule has 3 rings (SSSR count). The molecule has 0 saturated heterocycles. The van der Waals surface area contributed by atoms with E-state index in [2.05, 4.69) is 0 Å². The first kappa shape index (κ1) is 13.9. The van der Waals surface area contributed by atoms with Gasteiger partial charge in [-0.2, -0.15) is 0 Å². The van der Waals surface area contributed by atoms with Gasteiger partial charge in [0.05, 0.1) is 5.39 Å². The Morgan fingerprint density at radius 2 is 1.70 bits per heavy atom. The van der Waals surface area contributed by atoms with E-state index in [0.29, 0.717) is 16.3 Å². The van der Waals surface area contributed by atoms with Crippen LogP contribution in [0.15, 0.2) is 24.3 Å². The second-order valence-electron chi connectivity index (χ2n) is 5.37. The van der Waals surface area contributed by atoms with Crippen LogP contribution in [0.1, 0.15) is 32.1 Å². The van der Waals surface area contributed by atoms with Gasteiger partial charge in [0, 0.05) is 5.30 Å². The molecule has 0 spiro atoms. The summed E-state index contributed by atoms with van der Waals surface area (Å²) in [5.74, 6) is -2.61. The molecule has 1 aliphatic rings. The molecule has 1 saturated carbocycles. The molecule has 106 valence electrons. The maximum Gasteiger partial charge on any atom is 0.170 e. The van der Waals surface area contributed by atoms with Crippen LogP contribution in [-0.2, 0) is 0 Å². The minimum absolute atomic E-state index is 0.234. The molecular weight excluding hydrogens is 280 g/mol. The van der Waals surface area contributed by atoms with E-state index in [-0.39, 0.29) is 14.0 Å². The van der Waals surface area contributed by atoms with Gasteiger partial charge < -0.3 is 0 Å². The van der Waals surface area contributed by atoms with E-state index in [0.717, 1.165) is 18.9 Å². The molecule has 0 aromatic heterocycles. The lowest BCUT2D eigenvalue weighted by atomic mass is 10.0. The fourth-order valence-electron chi connectivity index (χ4n) is 2.91. The molecule has 0 bridgehead atoms. The highest BCUT2D eigenvalue weighted by Gasteiger charge is 2.20. The van der Waals surface area contributed by atoms with Gasteiger partial charge in [-0.15, -0.1) is 0 Å². The summed E-state index contributed by atoms with van der Waals surface area (Å²) in [6.07, 6.45) is 5.75. The summed E-state index contributed by atoms with van der Waals surface area (Å²) in [4.78, 5) is 0. The summed E-state index contributed by atoms with van der Waals surface area (Å²) in [7, 11) is 0.272. The average Bonchev–Trinajstić information content (AvgIpc) is 2.45. The fraction of sp³-hybridized carbons (Fsp3) is 0.375. The van der Waals surface area contributed by atoms with Gasteiger partial charge in [-0.05, 0) is 36.0 Å². The Balaban J connectivity index is 2.01. The lowest BCUT2D eigenvalue weighted by molar-refractivity contribution is 0.510. The summed E-state index contributed by atoms with van der Waals surface area (Å²) in [5.41, 5.74) is 0.448. The Morgan fingerprint density at radius 1 is 0.950 bits per heavy atom. The summed E-state index contributed by atoms with van der Waals surface area (Å²) >= 11 is 0. The highest BCUT2D eigenvalue weighted by Crippen LogP contribution is 2.34. The molecule has 2 aromatic carbocycles. The van der Waals surface area contributed by atoms with Crippen LogP contribution in [0.2, 0.25) is 0 Å². The Morgan fingerprint density at radius 3 is 2.45 bits per heavy atom. The van der Waals surface area contributed by atoms with Crippen molar-refractivity contribution < 1.29 is 13.2 Å². The third-order valence-corrected chi connectivity index (χ3v) is 5.62. The first-order chi connectivity index (χ1) is 9.66. The van der Waals surface area contributed by atoms with Crippen LogP contribution in [-0.4, -0.2) is 5.66 Å². The number of rotatable bonds is 2. The van der Waals surface area contributed by atoms with Crippen molar-refractivity contribution in [1.29, 1.82) is 0 Å². The topological polar surface area (TPSA) is 0 Å². The Hall–Kier alpha value is -1.08. The third-order valence-electron chi connectivity index (χ3n) is 3.96. The molecule has 0 radical (unpaired) electrons. The minimum atomic E-state index is -1.04. The fourth-order valence-corrected chi connectivity index (χ4v) is 4.52. The van der Waals surface area contributed by atoms with Gasteiger partial charge in [0.1, 0.15) is 5.82 Å². The predicted octanol–water partition coefficient (Wildman–Crippen LogP) is 4.89. The van der Waals surface area contributed by atoms with E-state index < -0.39 is 17.5 Å². The molecule has 0 nitrogen and oxygen atoms in total. The van der Waals surface area contributed by atoms with E-state index in [9.17, 15) is 13.2 Å². The number of benzene rings is 2. The van der Waals surface area contributed by atoms with E-state index >= 15 is 0 Å². The summed E-state index contributed by atoms with van der Waals surface area (Å²) in [5, 5.41) is 0.622. The van der Waals surface area contributed by atoms with Crippen LogP contribution >= 0.6 is 8.58 Å². The average molecular weight is 296 g/mol. The number of halogens is 3. The van der Waals surface area contributed by atoms with Crippen LogP contribution in [0, 0.1) is 17.5 Å². The summed E-state index contributed by atoms with van der Waals surface area (Å²) in [6, 6.07) is 5.94. The van der Waals surface area contributed by atoms with Gasteiger partial charge in [-0.1, -0.05) is 40.0 Å². The van der Waals surface area contributed by atoms with Crippen LogP contribution in [0.4, 0.5) is 13.2 Å². The van der Waals surface area contributed by atoms with Crippen LogP contribution in [0.5, 0.6) is 0 Å². The second-order valence-corrected chi connectivity index (χ2v) is 7.01. The Labute approximate surface area is 118 Å². The normalized spacial score (nSPS) is 17.4. The molecule has 1 aliphatic carbocycles. The van der Waals surface area contributed by atoms with Gasteiger partial charge in [0.2, 0.25) is 0 Å². The van der Waals surface area contributed by atoms with Gasteiger partial charge in [0.25, 0.3) is 0 Å². The standard InChI is InChI=1S/C16H16F3P/c17-12-8-4-5-10-9-13(15(18)16(19)14(10)12)20-11-6-2-1-3-7-11/h4-5,8-9,11,20H,1-3,6-7H2. The van der Waals surface area contributed by atoms with Gasteiger partial charge in [0.15, 0.2) is 11.6 Å². The molecule has 0 heterocycles. The molecule has 1 atom stereocenters. The third kappa shape index (κ3) is 2.56. The van der Waals surface area contributed by atoms with Gasteiger partial charge in [-0.25, -0.2) is 13.2 Å². The maximum absolute atomic E-state index is 14.1. The zero-order valence-corrected chi connectivity index (χ0v) is 12.1. The zero-order valence-electron chi connectivity index (χ0n) is 11.1. The van der Waals surface area contributed by atoms with E-state index in [4.69, 9.17) is 0 Å². The quantitative estimate of drug-likeness (QED) is 0.692. The van der Waals surface area contributed by atoms with Crippen molar-refractivity contribution in [2.45, 2.75) is 37.8 Å². The predicted molar refractivity (Wildman–Crippen MR) is 78.6 cm³/mol. The molecule has 0 amide bonds. The molecule has 2 aromatic rings. The lowest BCUT2D eigenvalue weighted by Crippen LogP contribution is -2.14. The largest absolute Gasteiger partial charge is 0.206 e. The molecule has 20 heavy (non-hydrogen) atoms. The molecule has 0 aliphatic heterocycles. The van der Waals surface area contributed by atoms with Crippen LogP contribution in [0.25, 0.3) is 10.8 Å². The zero-order chi connectivity index (χ0) is 14.1. The van der Waals surface area contributed by atoms with Gasteiger partial charge in [-0.3, -0.25) is 0 Å².